The summed E-state index contributed by atoms with van der Waals surface area (Å²) in [6.45, 7) is 4.59. The van der Waals surface area contributed by atoms with E-state index < -0.39 is 29.5 Å². The molecule has 7 rings (SSSR count). The topological polar surface area (TPSA) is 0 Å². The molecule has 1 saturated heterocycles. The van der Waals surface area contributed by atoms with Gasteiger partial charge < -0.3 is 0 Å². The van der Waals surface area contributed by atoms with Crippen molar-refractivity contribution in [2.45, 2.75) is 69.1 Å². The minimum absolute atomic E-state index is 0.568. The van der Waals surface area contributed by atoms with Gasteiger partial charge in [0.05, 0.1) is 0 Å². The van der Waals surface area contributed by atoms with Crippen LogP contribution in [0.4, 0.5) is 0 Å². The van der Waals surface area contributed by atoms with Crippen LogP contribution in [0.25, 0.3) is 34.4 Å². The molecule has 0 aromatic heterocycles. The van der Waals surface area contributed by atoms with Crippen molar-refractivity contribution in [3.05, 3.63) is 129 Å². The number of benzene rings is 4. The van der Waals surface area contributed by atoms with Crippen LogP contribution in [-0.4, -0.2) is 9.52 Å². The molecule has 2 unspecified atom stereocenters. The molecule has 0 spiro atoms. The summed E-state index contributed by atoms with van der Waals surface area (Å²) >= 11 is -2.58. The zero-order valence-electron chi connectivity index (χ0n) is 25.8. The van der Waals surface area contributed by atoms with Crippen molar-refractivity contribution >= 4 is 21.7 Å². The van der Waals surface area contributed by atoms with Crippen LogP contribution < -0.4 is 0 Å². The van der Waals surface area contributed by atoms with E-state index in [1.54, 1.807) is 21.9 Å². The Morgan fingerprint density at radius 2 is 1.17 bits per heavy atom. The van der Waals surface area contributed by atoms with Gasteiger partial charge in [0, 0.05) is 0 Å². The molecule has 1 aliphatic heterocycles. The summed E-state index contributed by atoms with van der Waals surface area (Å²) in [6, 6.07) is 32.7. The van der Waals surface area contributed by atoms with Crippen LogP contribution in [0, 0.1) is 0 Å². The summed E-state index contributed by atoms with van der Waals surface area (Å²) in [5, 5.41) is 3.66. The molecule has 0 nitrogen and oxygen atoms in total. The fourth-order valence-electron chi connectivity index (χ4n) is 8.55. The second kappa shape index (κ2) is 11.5. The minimum atomic E-state index is -2.58. The monoisotopic (exact) mass is 732 g/mol. The summed E-state index contributed by atoms with van der Waals surface area (Å²) in [6.07, 6.45) is 11.7. The molecule has 2 aliphatic carbocycles. The molecule has 42 heavy (non-hydrogen) atoms. The zero-order valence-corrected chi connectivity index (χ0v) is 30.8. The Bertz CT molecular complexity index is 1720. The summed E-state index contributed by atoms with van der Waals surface area (Å²) in [5.74, 6) is 0.615. The third-order valence-corrected chi connectivity index (χ3v) is 28.1. The van der Waals surface area contributed by atoms with E-state index in [2.05, 4.69) is 120 Å². The van der Waals surface area contributed by atoms with Gasteiger partial charge >= 0.3 is 262 Å². The van der Waals surface area contributed by atoms with E-state index in [9.17, 15) is 0 Å². The Kier molecular flexibility index (Phi) is 7.74. The first-order valence-electron chi connectivity index (χ1n) is 16.3. The molecule has 0 N–H and O–H groups in total. The number of hydrogen-bond donors (Lipinski definition) is 0. The molecular formula is C40H44HfSi. The maximum atomic E-state index is 2.78. The van der Waals surface area contributed by atoms with Gasteiger partial charge in [-0.05, 0) is 0 Å². The standard InChI is InChI=1S/C38H38Si.2CH3.Hf/c1-4-7-17-35-34-22-13-21-33(31-19-11-9-15-27(31)6-3)37(34)25-38(35)39-29-23-28-16-12-20-32(36(28)24-29)30-18-10-8-14-26(30)5-2;;;/h8-16,18-25,35H,1,4-7,17,39H2,2-3H3;2*1H3;. The number of hydrogen-bond acceptors (Lipinski definition) is 0. The molecule has 2 atom stereocenters. The van der Waals surface area contributed by atoms with Crippen molar-refractivity contribution in [1.29, 1.82) is 0 Å². The van der Waals surface area contributed by atoms with Gasteiger partial charge in [-0.25, -0.2) is 0 Å². The summed E-state index contributed by atoms with van der Waals surface area (Å²) in [4.78, 5) is 0. The molecule has 0 amide bonds. The first kappa shape index (κ1) is 28.2. The van der Waals surface area contributed by atoms with Crippen molar-refractivity contribution in [2.24, 2.45) is 0 Å². The first-order chi connectivity index (χ1) is 20.5. The van der Waals surface area contributed by atoms with Gasteiger partial charge in [0.1, 0.15) is 0 Å². The van der Waals surface area contributed by atoms with Gasteiger partial charge in [0.15, 0.2) is 0 Å². The number of rotatable bonds is 4. The van der Waals surface area contributed by atoms with E-state index in [4.69, 9.17) is 0 Å². The van der Waals surface area contributed by atoms with Gasteiger partial charge in [-0.15, -0.1) is 0 Å². The summed E-state index contributed by atoms with van der Waals surface area (Å²) in [5.41, 5.74) is 15.1. The van der Waals surface area contributed by atoms with Gasteiger partial charge in [0.25, 0.3) is 0 Å². The van der Waals surface area contributed by atoms with Crippen LogP contribution in [0.3, 0.4) is 0 Å². The molecule has 0 radical (unpaired) electrons. The fourth-order valence-corrected chi connectivity index (χ4v) is 29.4. The van der Waals surface area contributed by atoms with Crippen LogP contribution in [0.5, 0.6) is 0 Å². The normalized spacial score (nSPS) is 21.1. The number of allylic oxidation sites excluding steroid dienone is 2. The fraction of sp³-hybridized carbons (Fsp3) is 0.300. The van der Waals surface area contributed by atoms with Crippen LogP contribution >= 0.6 is 0 Å². The molecule has 212 valence electrons. The molecule has 4 aromatic carbocycles. The zero-order chi connectivity index (χ0) is 28.8. The van der Waals surface area contributed by atoms with Crippen molar-refractivity contribution in [2.75, 3.05) is 0 Å². The van der Waals surface area contributed by atoms with Crippen molar-refractivity contribution in [3.8, 4) is 22.3 Å². The van der Waals surface area contributed by atoms with Crippen molar-refractivity contribution in [3.63, 3.8) is 0 Å². The van der Waals surface area contributed by atoms with Crippen LogP contribution in [0.2, 0.25) is 13.5 Å². The van der Waals surface area contributed by atoms with Crippen molar-refractivity contribution in [1.82, 2.24) is 0 Å². The van der Waals surface area contributed by atoms with Crippen LogP contribution in [0.1, 0.15) is 76.1 Å². The quantitative estimate of drug-likeness (QED) is 0.183. The molecule has 1 heterocycles. The van der Waals surface area contributed by atoms with E-state index in [-0.39, 0.29) is 0 Å². The summed E-state index contributed by atoms with van der Waals surface area (Å²) < 4.78 is 7.81. The number of aryl methyl sites for hydroxylation is 2. The molecule has 3 aliphatic rings. The van der Waals surface area contributed by atoms with Gasteiger partial charge in [-0.2, -0.15) is 0 Å². The van der Waals surface area contributed by atoms with E-state index in [1.807, 2.05) is 5.20 Å². The second-order valence-electron chi connectivity index (χ2n) is 13.5. The SMILES string of the molecule is CCc1ccccc1-c1cccc2c1C=C1[SiH2]C3=Cc4c(-c5ccccc5CC)cccc4[CH]3[Hf]([CH3])([CH3])[CH2]CCCC12. The first-order valence-corrected chi connectivity index (χ1v) is 29.5. The Morgan fingerprint density at radius 3 is 1.81 bits per heavy atom. The molecular weight excluding hydrogens is 687 g/mol. The molecule has 0 saturated carbocycles. The van der Waals surface area contributed by atoms with Crippen LogP contribution in [-0.2, 0) is 32.8 Å². The molecule has 4 aromatic rings. The predicted octanol–water partition coefficient (Wildman–Crippen LogP) is 10.7. The Balaban J connectivity index is 1.36. The van der Waals surface area contributed by atoms with Gasteiger partial charge in [-0.3, -0.25) is 0 Å². The molecule has 0 bridgehead atoms. The Hall–Kier alpha value is -2.55. The molecule has 2 heteroatoms. The number of fused-ring (bicyclic) bond motifs is 6. The summed E-state index contributed by atoms with van der Waals surface area (Å²) in [7, 11) is -0.568. The van der Waals surface area contributed by atoms with E-state index in [1.165, 1.54) is 62.4 Å². The van der Waals surface area contributed by atoms with E-state index >= 15 is 0 Å². The Morgan fingerprint density at radius 1 is 0.619 bits per heavy atom. The maximum absolute atomic E-state index is 2.78. The van der Waals surface area contributed by atoms with Gasteiger partial charge in [-0.1, -0.05) is 0 Å². The Labute approximate surface area is 260 Å². The average Bonchev–Trinajstić information content (AvgIpc) is 3.57. The predicted molar refractivity (Wildman–Crippen MR) is 183 cm³/mol. The van der Waals surface area contributed by atoms with Gasteiger partial charge in [0.2, 0.25) is 0 Å². The third kappa shape index (κ3) is 4.83. The second-order valence-corrected chi connectivity index (χ2v) is 33.6. The average molecular weight is 731 g/mol. The molecule has 1 fully saturated rings. The van der Waals surface area contributed by atoms with E-state index in [0.717, 1.165) is 16.5 Å². The third-order valence-electron chi connectivity index (χ3n) is 10.6. The van der Waals surface area contributed by atoms with E-state index in [0.29, 0.717) is 5.92 Å². The van der Waals surface area contributed by atoms with Crippen LogP contribution in [0.15, 0.2) is 95.3 Å². The van der Waals surface area contributed by atoms with Crippen molar-refractivity contribution < 1.29 is 20.0 Å².